The summed E-state index contributed by atoms with van der Waals surface area (Å²) in [6, 6.07) is 6.22. The molecule has 1 aromatic carbocycles. The minimum absolute atomic E-state index is 0.193. The third kappa shape index (κ3) is 3.79. The average molecular weight is 467 g/mol. The van der Waals surface area contributed by atoms with Crippen molar-refractivity contribution in [3.05, 3.63) is 52.7 Å². The highest BCUT2D eigenvalue weighted by Crippen LogP contribution is 2.37. The van der Waals surface area contributed by atoms with E-state index < -0.39 is 35.1 Å². The molecule has 1 aliphatic heterocycles. The second-order valence-electron chi connectivity index (χ2n) is 7.73. The SMILES string of the molecule is CC1CN(c2nn(C(=O)c3c(Cl)cccc3C(F)(F)F)c3cccnc23)CCC1C(=O)O. The van der Waals surface area contributed by atoms with Crippen LogP contribution in [0.3, 0.4) is 0 Å². The maximum atomic E-state index is 13.6. The Kier molecular flexibility index (Phi) is 5.58. The summed E-state index contributed by atoms with van der Waals surface area (Å²) in [5, 5.41) is 13.3. The van der Waals surface area contributed by atoms with Gasteiger partial charge in [0.1, 0.15) is 5.52 Å². The number of hydrogen-bond acceptors (Lipinski definition) is 5. The molecule has 11 heteroatoms. The lowest BCUT2D eigenvalue weighted by atomic mass is 9.87. The molecule has 0 radical (unpaired) electrons. The van der Waals surface area contributed by atoms with Crippen molar-refractivity contribution >= 4 is 40.3 Å². The van der Waals surface area contributed by atoms with Gasteiger partial charge in [0.05, 0.1) is 27.6 Å². The average Bonchev–Trinajstić information content (AvgIpc) is 3.12. The Balaban J connectivity index is 1.80. The highest BCUT2D eigenvalue weighted by Gasteiger charge is 2.38. The van der Waals surface area contributed by atoms with E-state index in [-0.39, 0.29) is 16.5 Å². The van der Waals surface area contributed by atoms with E-state index in [1.807, 2.05) is 6.92 Å². The van der Waals surface area contributed by atoms with Crippen molar-refractivity contribution in [1.29, 1.82) is 0 Å². The number of benzene rings is 1. The van der Waals surface area contributed by atoms with Gasteiger partial charge in [0.25, 0.3) is 5.91 Å². The van der Waals surface area contributed by atoms with Gasteiger partial charge in [-0.05, 0) is 36.6 Å². The predicted molar refractivity (Wildman–Crippen MR) is 111 cm³/mol. The lowest BCUT2D eigenvalue weighted by Crippen LogP contribution is -2.42. The van der Waals surface area contributed by atoms with Gasteiger partial charge in [-0.1, -0.05) is 24.6 Å². The van der Waals surface area contributed by atoms with Gasteiger partial charge in [-0.3, -0.25) is 14.6 Å². The van der Waals surface area contributed by atoms with Crippen LogP contribution in [0.25, 0.3) is 11.0 Å². The summed E-state index contributed by atoms with van der Waals surface area (Å²) in [5.74, 6) is -2.29. The summed E-state index contributed by atoms with van der Waals surface area (Å²) in [7, 11) is 0. The highest BCUT2D eigenvalue weighted by molar-refractivity contribution is 6.34. The number of aromatic nitrogens is 3. The number of halogens is 4. The van der Waals surface area contributed by atoms with Gasteiger partial charge in [0.2, 0.25) is 0 Å². The zero-order chi connectivity index (χ0) is 23.2. The number of hydrogen-bond donors (Lipinski definition) is 1. The number of pyridine rings is 1. The largest absolute Gasteiger partial charge is 0.481 e. The highest BCUT2D eigenvalue weighted by atomic mass is 35.5. The third-order valence-electron chi connectivity index (χ3n) is 5.67. The van der Waals surface area contributed by atoms with Crippen LogP contribution in [0.1, 0.15) is 29.3 Å². The molecule has 3 heterocycles. The van der Waals surface area contributed by atoms with Crippen LogP contribution in [-0.2, 0) is 11.0 Å². The molecule has 7 nitrogen and oxygen atoms in total. The van der Waals surface area contributed by atoms with Crippen LogP contribution in [0.15, 0.2) is 36.5 Å². The van der Waals surface area contributed by atoms with Crippen molar-refractivity contribution in [3.63, 3.8) is 0 Å². The molecule has 4 rings (SSSR count). The molecule has 1 aliphatic rings. The Morgan fingerprint density at radius 3 is 2.62 bits per heavy atom. The van der Waals surface area contributed by atoms with Gasteiger partial charge in [-0.25, -0.2) is 0 Å². The lowest BCUT2D eigenvalue weighted by molar-refractivity contribution is -0.144. The fourth-order valence-electron chi connectivity index (χ4n) is 4.09. The Morgan fingerprint density at radius 1 is 1.22 bits per heavy atom. The van der Waals surface area contributed by atoms with Crippen LogP contribution in [-0.4, -0.2) is 44.8 Å². The number of fused-ring (bicyclic) bond motifs is 1. The van der Waals surface area contributed by atoms with E-state index in [4.69, 9.17) is 11.6 Å². The van der Waals surface area contributed by atoms with Crippen LogP contribution in [0, 0.1) is 11.8 Å². The number of carbonyl (C=O) groups is 2. The van der Waals surface area contributed by atoms with Crippen LogP contribution in [0.5, 0.6) is 0 Å². The molecule has 1 fully saturated rings. The molecule has 2 aromatic heterocycles. The van der Waals surface area contributed by atoms with E-state index in [0.717, 1.165) is 16.8 Å². The first-order valence-electron chi connectivity index (χ1n) is 9.81. The van der Waals surface area contributed by atoms with Crippen LogP contribution >= 0.6 is 11.6 Å². The van der Waals surface area contributed by atoms with Gasteiger partial charge >= 0.3 is 12.1 Å². The van der Waals surface area contributed by atoms with E-state index in [0.29, 0.717) is 30.8 Å². The zero-order valence-corrected chi connectivity index (χ0v) is 17.6. The Hall–Kier alpha value is -3.14. The first-order chi connectivity index (χ1) is 15.1. The van der Waals surface area contributed by atoms with Gasteiger partial charge in [0.15, 0.2) is 5.82 Å². The van der Waals surface area contributed by atoms with Crippen molar-refractivity contribution in [2.75, 3.05) is 18.0 Å². The summed E-state index contributed by atoms with van der Waals surface area (Å²) < 4.78 is 41.5. The van der Waals surface area contributed by atoms with E-state index in [1.54, 1.807) is 11.0 Å². The quantitative estimate of drug-likeness (QED) is 0.618. The first-order valence-corrected chi connectivity index (χ1v) is 10.2. The molecule has 0 saturated carbocycles. The van der Waals surface area contributed by atoms with Gasteiger partial charge in [-0.2, -0.15) is 17.9 Å². The van der Waals surface area contributed by atoms with Crippen LogP contribution in [0.2, 0.25) is 5.02 Å². The molecule has 0 bridgehead atoms. The second kappa shape index (κ2) is 8.09. The standard InChI is InChI=1S/C21H18ClF3N4O3/c1-11-10-28(9-7-12(11)20(31)32)18-17-15(6-3-8-26-17)29(27-18)19(30)16-13(21(23,24)25)4-2-5-14(16)22/h2-6,8,11-12H,7,9-10H2,1H3,(H,31,32). The predicted octanol–water partition coefficient (Wildman–Crippen LogP) is 4.34. The molecule has 0 aliphatic carbocycles. The maximum Gasteiger partial charge on any atom is 0.417 e. The molecule has 2 unspecified atom stereocenters. The number of carboxylic acid groups (broad SMARTS) is 1. The number of alkyl halides is 3. The van der Waals surface area contributed by atoms with Gasteiger partial charge in [-0.15, -0.1) is 5.10 Å². The topological polar surface area (TPSA) is 88.3 Å². The van der Waals surface area contributed by atoms with Gasteiger partial charge in [0, 0.05) is 19.3 Å². The Labute approximate surface area is 185 Å². The third-order valence-corrected chi connectivity index (χ3v) is 5.98. The Bertz CT molecular complexity index is 1210. The molecule has 3 aromatic rings. The Morgan fingerprint density at radius 2 is 1.97 bits per heavy atom. The maximum absolute atomic E-state index is 13.6. The molecule has 1 N–H and O–H groups in total. The minimum Gasteiger partial charge on any atom is -0.481 e. The molecule has 0 spiro atoms. The first kappa shape index (κ1) is 22.1. The summed E-state index contributed by atoms with van der Waals surface area (Å²) in [5.41, 5.74) is -1.28. The van der Waals surface area contributed by atoms with Crippen molar-refractivity contribution in [3.8, 4) is 0 Å². The molecular weight excluding hydrogens is 449 g/mol. The fraction of sp³-hybridized carbons (Fsp3) is 0.333. The molecule has 1 saturated heterocycles. The van der Waals surface area contributed by atoms with E-state index in [2.05, 4.69) is 10.1 Å². The molecule has 32 heavy (non-hydrogen) atoms. The summed E-state index contributed by atoms with van der Waals surface area (Å²) in [6.45, 7) is 2.52. The number of carboxylic acids is 1. The van der Waals surface area contributed by atoms with Crippen molar-refractivity contribution < 1.29 is 27.9 Å². The number of rotatable bonds is 3. The number of piperidine rings is 1. The van der Waals surface area contributed by atoms with Crippen molar-refractivity contribution in [2.24, 2.45) is 11.8 Å². The molecule has 168 valence electrons. The fourth-order valence-corrected chi connectivity index (χ4v) is 4.35. The lowest BCUT2D eigenvalue weighted by Gasteiger charge is -2.35. The second-order valence-corrected chi connectivity index (χ2v) is 8.14. The van der Waals surface area contributed by atoms with Crippen molar-refractivity contribution in [1.82, 2.24) is 14.8 Å². The number of nitrogens with zero attached hydrogens (tertiary/aromatic N) is 4. The number of carbonyl (C=O) groups excluding carboxylic acids is 1. The van der Waals surface area contributed by atoms with Crippen LogP contribution in [0.4, 0.5) is 19.0 Å². The van der Waals surface area contributed by atoms with Crippen molar-refractivity contribution in [2.45, 2.75) is 19.5 Å². The monoisotopic (exact) mass is 466 g/mol. The summed E-state index contributed by atoms with van der Waals surface area (Å²) >= 11 is 6.01. The van der Waals surface area contributed by atoms with Crippen LogP contribution < -0.4 is 4.90 Å². The summed E-state index contributed by atoms with van der Waals surface area (Å²) in [4.78, 5) is 30.7. The molecule has 0 amide bonds. The number of aliphatic carboxylic acids is 1. The van der Waals surface area contributed by atoms with E-state index in [1.165, 1.54) is 18.3 Å². The zero-order valence-electron chi connectivity index (χ0n) is 16.8. The smallest absolute Gasteiger partial charge is 0.417 e. The van der Waals surface area contributed by atoms with Gasteiger partial charge < -0.3 is 10.0 Å². The van der Waals surface area contributed by atoms with E-state index >= 15 is 0 Å². The summed E-state index contributed by atoms with van der Waals surface area (Å²) in [6.07, 6.45) is -2.92. The van der Waals surface area contributed by atoms with E-state index in [9.17, 15) is 27.9 Å². The molecular formula is C21H18ClF3N4O3. The normalized spacial score (nSPS) is 19.3. The minimum atomic E-state index is -4.78. The molecule has 2 atom stereocenters. The number of anilines is 1.